The maximum Gasteiger partial charge on any atom is 0.411 e. The normalized spacial score (nSPS) is 21.6. The van der Waals surface area contributed by atoms with Gasteiger partial charge in [0.1, 0.15) is 35.4 Å². The fourth-order valence-corrected chi connectivity index (χ4v) is 9.35. The molecule has 70 heavy (non-hydrogen) atoms. The quantitative estimate of drug-likeness (QED) is 0.0717. The number of hydrogen-bond acceptors (Lipinski definition) is 11. The number of cyclic esters (lactones) is 2. The smallest absolute Gasteiger partial charge is 0.411 e. The Bertz CT molecular complexity index is 2310. The van der Waals surface area contributed by atoms with Crippen LogP contribution in [0, 0.1) is 0 Å². The van der Waals surface area contributed by atoms with Crippen LogP contribution in [0.3, 0.4) is 0 Å². The molecule has 2 amide bonds. The van der Waals surface area contributed by atoms with Crippen molar-refractivity contribution in [3.63, 3.8) is 0 Å². The van der Waals surface area contributed by atoms with Crippen LogP contribution < -0.4 is 0 Å². The van der Waals surface area contributed by atoms with Gasteiger partial charge in [0.05, 0.1) is 12.2 Å². The molecule has 13 nitrogen and oxygen atoms in total. The molecule has 2 saturated heterocycles. The number of aliphatic hydroxyl groups excluding tert-OH is 2. The zero-order chi connectivity index (χ0) is 50.0. The van der Waals surface area contributed by atoms with Gasteiger partial charge in [-0.15, -0.1) is 0 Å². The van der Waals surface area contributed by atoms with E-state index in [1.807, 2.05) is 157 Å². The number of esters is 2. The van der Waals surface area contributed by atoms with Crippen LogP contribution in [0.5, 0.6) is 0 Å². The summed E-state index contributed by atoms with van der Waals surface area (Å²) >= 11 is 0. The van der Waals surface area contributed by atoms with E-state index in [4.69, 9.17) is 18.9 Å². The molecule has 0 aliphatic carbocycles. The Morgan fingerprint density at radius 3 is 1.17 bits per heavy atom. The minimum Gasteiger partial charge on any atom is -0.453 e. The summed E-state index contributed by atoms with van der Waals surface area (Å²) in [5.74, 6) is -1.22. The first-order chi connectivity index (χ1) is 33.5. The molecule has 2 heterocycles. The van der Waals surface area contributed by atoms with E-state index >= 15 is 0 Å². The highest BCUT2D eigenvalue weighted by Gasteiger charge is 2.50. The molecular formula is C57H67N3O10. The molecule has 0 spiro atoms. The maximum atomic E-state index is 14.3. The Labute approximate surface area is 411 Å². The second kappa shape index (κ2) is 22.9. The molecule has 2 N–H and O–H groups in total. The van der Waals surface area contributed by atoms with Gasteiger partial charge in [0.15, 0.2) is 12.2 Å². The van der Waals surface area contributed by atoms with Crippen molar-refractivity contribution >= 4 is 24.1 Å². The summed E-state index contributed by atoms with van der Waals surface area (Å²) in [4.78, 5) is 61.8. The number of carbonyl (C=O) groups is 4. The SMILES string of the molecule is CC(C)(C)OC(=O)N1[C@@H](CC[C@@H](O)CN(Cc2ccccc2)C[C@H](O)CC[C@H]2C(=O)O[C@H](c3ccccc3)[C@H](c3ccccc3)N2C(=O)OC(C)(C)C)C(=O)O[C@H](c2ccccc2)[C@@H]1c1ccccc1. The molecule has 370 valence electrons. The van der Waals surface area contributed by atoms with Crippen LogP contribution in [0.1, 0.15) is 119 Å². The number of nitrogens with zero attached hydrogens (tertiary/aromatic N) is 3. The summed E-state index contributed by atoms with van der Waals surface area (Å²) in [6.07, 6.45) is -4.71. The van der Waals surface area contributed by atoms with E-state index in [1.54, 1.807) is 41.5 Å². The second-order valence-electron chi connectivity index (χ2n) is 20.2. The van der Waals surface area contributed by atoms with Gasteiger partial charge in [-0.25, -0.2) is 19.2 Å². The van der Waals surface area contributed by atoms with Crippen LogP contribution >= 0.6 is 0 Å². The van der Waals surface area contributed by atoms with E-state index < -0.39 is 83.9 Å². The molecular weight excluding hydrogens is 887 g/mol. The van der Waals surface area contributed by atoms with Crippen LogP contribution in [-0.2, 0) is 35.1 Å². The average Bonchev–Trinajstić information content (AvgIpc) is 3.32. The Kier molecular flexibility index (Phi) is 16.8. The monoisotopic (exact) mass is 953 g/mol. The number of carbonyl (C=O) groups excluding carboxylic acids is 4. The van der Waals surface area contributed by atoms with Crippen molar-refractivity contribution in [2.24, 2.45) is 0 Å². The molecule has 0 saturated carbocycles. The topological polar surface area (TPSA) is 155 Å². The highest BCUT2D eigenvalue weighted by molar-refractivity contribution is 5.84. The van der Waals surface area contributed by atoms with Crippen molar-refractivity contribution in [1.29, 1.82) is 0 Å². The minimum absolute atomic E-state index is 0.0582. The van der Waals surface area contributed by atoms with Gasteiger partial charge in [-0.2, -0.15) is 0 Å². The van der Waals surface area contributed by atoms with Crippen molar-refractivity contribution in [2.45, 2.75) is 134 Å². The first kappa shape index (κ1) is 51.3. The Morgan fingerprint density at radius 2 is 0.843 bits per heavy atom. The van der Waals surface area contributed by atoms with E-state index in [0.29, 0.717) is 6.54 Å². The number of rotatable bonds is 16. The van der Waals surface area contributed by atoms with E-state index in [9.17, 15) is 29.4 Å². The third kappa shape index (κ3) is 13.4. The molecule has 2 aliphatic rings. The molecule has 7 rings (SSSR count). The predicted molar refractivity (Wildman–Crippen MR) is 265 cm³/mol. The first-order valence-electron chi connectivity index (χ1n) is 24.2. The third-order valence-electron chi connectivity index (χ3n) is 12.4. The second-order valence-corrected chi connectivity index (χ2v) is 20.2. The lowest BCUT2D eigenvalue weighted by Crippen LogP contribution is -2.55. The molecule has 13 heteroatoms. The largest absolute Gasteiger partial charge is 0.453 e. The number of hydrogen-bond donors (Lipinski definition) is 2. The van der Waals surface area contributed by atoms with Crippen molar-refractivity contribution in [3.05, 3.63) is 179 Å². The van der Waals surface area contributed by atoms with Crippen molar-refractivity contribution in [3.8, 4) is 0 Å². The molecule has 5 aromatic carbocycles. The number of benzene rings is 5. The van der Waals surface area contributed by atoms with Gasteiger partial charge in [-0.05, 0) is 95.0 Å². The summed E-state index contributed by atoms with van der Waals surface area (Å²) in [7, 11) is 0. The summed E-state index contributed by atoms with van der Waals surface area (Å²) in [6.45, 7) is 11.2. The van der Waals surface area contributed by atoms with E-state index in [-0.39, 0.29) is 38.8 Å². The fourth-order valence-electron chi connectivity index (χ4n) is 9.35. The summed E-state index contributed by atoms with van der Waals surface area (Å²) in [5.41, 5.74) is 2.15. The highest BCUT2D eigenvalue weighted by Crippen LogP contribution is 2.45. The summed E-state index contributed by atoms with van der Waals surface area (Å²) in [6, 6.07) is 43.4. The zero-order valence-electron chi connectivity index (χ0n) is 41.0. The lowest BCUT2D eigenvalue weighted by Gasteiger charge is -2.45. The molecule has 0 aromatic heterocycles. The molecule has 2 fully saturated rings. The highest BCUT2D eigenvalue weighted by atomic mass is 16.6. The molecule has 2 aliphatic heterocycles. The maximum absolute atomic E-state index is 14.3. The number of amides is 2. The molecule has 5 aromatic rings. The summed E-state index contributed by atoms with van der Waals surface area (Å²) < 4.78 is 24.4. The van der Waals surface area contributed by atoms with Crippen LogP contribution in [0.4, 0.5) is 9.59 Å². The van der Waals surface area contributed by atoms with Crippen molar-refractivity contribution < 1.29 is 48.3 Å². The van der Waals surface area contributed by atoms with Gasteiger partial charge in [0.2, 0.25) is 0 Å². The molecule has 0 bridgehead atoms. The fraction of sp³-hybridized carbons (Fsp3) is 0.404. The molecule has 0 radical (unpaired) electrons. The standard InChI is InChI=1S/C57H67N3O10/c1-56(2,3)69-54(65)59-46(52(63)67-50(42-28-18-10-19-29-42)48(59)40-24-14-8-15-25-40)34-32-44(61)37-58(36-39-22-12-7-13-23-39)38-45(62)33-35-47-53(64)68-51(43-30-20-11-21-31-43)49(41-26-16-9-17-27-41)60(47)55(66)70-57(4,5)6/h7-31,44-51,61-62H,32-38H2,1-6H3/t44-,45-,46+,47+,48+,49+,50-,51-/m1/s1. The lowest BCUT2D eigenvalue weighted by atomic mass is 9.90. The van der Waals surface area contributed by atoms with E-state index in [2.05, 4.69) is 0 Å². The molecule has 0 unspecified atom stereocenters. The van der Waals surface area contributed by atoms with Crippen molar-refractivity contribution in [1.82, 2.24) is 14.7 Å². The van der Waals surface area contributed by atoms with Gasteiger partial charge in [-0.3, -0.25) is 14.7 Å². The zero-order valence-corrected chi connectivity index (χ0v) is 41.0. The lowest BCUT2D eigenvalue weighted by molar-refractivity contribution is -0.175. The molecule has 8 atom stereocenters. The third-order valence-corrected chi connectivity index (χ3v) is 12.4. The van der Waals surface area contributed by atoms with Crippen molar-refractivity contribution in [2.75, 3.05) is 13.1 Å². The average molecular weight is 954 g/mol. The predicted octanol–water partition coefficient (Wildman–Crippen LogP) is 10.1. The van der Waals surface area contributed by atoms with E-state index in [1.165, 1.54) is 9.80 Å². The number of morpholine rings is 2. The Hall–Kier alpha value is -6.54. The minimum atomic E-state index is -1.09. The summed E-state index contributed by atoms with van der Waals surface area (Å²) in [5, 5.41) is 23.7. The van der Waals surface area contributed by atoms with Crippen LogP contribution in [0.2, 0.25) is 0 Å². The van der Waals surface area contributed by atoms with Gasteiger partial charge < -0.3 is 29.2 Å². The number of aliphatic hydroxyl groups is 2. The Morgan fingerprint density at radius 1 is 0.529 bits per heavy atom. The van der Waals surface area contributed by atoms with Gasteiger partial charge in [-0.1, -0.05) is 152 Å². The van der Waals surface area contributed by atoms with Gasteiger partial charge in [0, 0.05) is 19.6 Å². The Balaban J connectivity index is 1.10. The van der Waals surface area contributed by atoms with Gasteiger partial charge in [0.25, 0.3) is 0 Å². The van der Waals surface area contributed by atoms with Crippen LogP contribution in [0.25, 0.3) is 0 Å². The first-order valence-corrected chi connectivity index (χ1v) is 24.2. The van der Waals surface area contributed by atoms with E-state index in [0.717, 1.165) is 27.8 Å². The van der Waals surface area contributed by atoms with Crippen LogP contribution in [-0.4, -0.2) is 97.6 Å². The van der Waals surface area contributed by atoms with Gasteiger partial charge >= 0.3 is 24.1 Å². The van der Waals surface area contributed by atoms with Crippen LogP contribution in [0.15, 0.2) is 152 Å². The number of ether oxygens (including phenoxy) is 4.